The van der Waals surface area contributed by atoms with E-state index >= 15 is 0 Å². The third-order valence-electron chi connectivity index (χ3n) is 4.01. The molecule has 0 aliphatic heterocycles. The molecule has 0 unspecified atom stereocenters. The van der Waals surface area contributed by atoms with Gasteiger partial charge in [0, 0.05) is 28.5 Å². The van der Waals surface area contributed by atoms with Crippen LogP contribution in [0.3, 0.4) is 0 Å². The molecule has 3 rings (SSSR count). The molecule has 1 aromatic heterocycles. The van der Waals surface area contributed by atoms with E-state index in [1.165, 1.54) is 12.1 Å². The van der Waals surface area contributed by atoms with Crippen LogP contribution in [0.15, 0.2) is 59.1 Å². The molecule has 7 heteroatoms. The Morgan fingerprint density at radius 3 is 2.35 bits per heavy atom. The molecule has 0 atom stereocenters. The molecule has 6 nitrogen and oxygen atoms in total. The van der Waals surface area contributed by atoms with Gasteiger partial charge in [-0.2, -0.15) is 0 Å². The first-order chi connectivity index (χ1) is 12.4. The number of benzene rings is 2. The van der Waals surface area contributed by atoms with Crippen molar-refractivity contribution in [3.8, 4) is 17.0 Å². The molecule has 0 aliphatic carbocycles. The van der Waals surface area contributed by atoms with Crippen molar-refractivity contribution in [2.45, 2.75) is 0 Å². The average Bonchev–Trinajstić information content (AvgIpc) is 2.62. The van der Waals surface area contributed by atoms with Gasteiger partial charge in [0.1, 0.15) is 17.1 Å². The lowest BCUT2D eigenvalue weighted by Gasteiger charge is -2.21. The van der Waals surface area contributed by atoms with Crippen molar-refractivity contribution in [1.82, 2.24) is 4.98 Å². The fourth-order valence-corrected chi connectivity index (χ4v) is 2.82. The number of carboxylic acids is 1. The van der Waals surface area contributed by atoms with E-state index in [1.807, 2.05) is 36.2 Å². The van der Waals surface area contributed by atoms with Gasteiger partial charge in [0.25, 0.3) is 0 Å². The second-order valence-corrected chi connectivity index (χ2v) is 6.59. The molecule has 0 saturated heterocycles. The van der Waals surface area contributed by atoms with Gasteiger partial charge < -0.3 is 20.8 Å². The molecule has 0 fully saturated rings. The molecule has 26 heavy (non-hydrogen) atoms. The van der Waals surface area contributed by atoms with E-state index in [0.717, 1.165) is 15.8 Å². The van der Waals surface area contributed by atoms with Crippen LogP contribution in [0, 0.1) is 0 Å². The Hall–Kier alpha value is -3.06. The summed E-state index contributed by atoms with van der Waals surface area (Å²) >= 11 is 3.41. The lowest BCUT2D eigenvalue weighted by Crippen LogP contribution is -2.09. The second-order valence-electron chi connectivity index (χ2n) is 5.67. The van der Waals surface area contributed by atoms with Gasteiger partial charge in [-0.1, -0.05) is 15.9 Å². The maximum atomic E-state index is 11.1. The number of anilines is 3. The number of hydrogen-bond acceptors (Lipinski definition) is 5. The molecule has 0 amide bonds. The first kappa shape index (κ1) is 17.8. The quantitative estimate of drug-likeness (QED) is 0.590. The van der Waals surface area contributed by atoms with Crippen molar-refractivity contribution in [3.63, 3.8) is 0 Å². The summed E-state index contributed by atoms with van der Waals surface area (Å²) in [6, 6.07) is 15.9. The van der Waals surface area contributed by atoms with Crippen LogP contribution < -0.4 is 10.6 Å². The molecular formula is C19H16BrN3O3. The van der Waals surface area contributed by atoms with Crippen LogP contribution in [0.2, 0.25) is 0 Å². The third-order valence-corrected chi connectivity index (χ3v) is 4.54. The minimum atomic E-state index is -1.14. The molecule has 0 bridgehead atoms. The minimum absolute atomic E-state index is 0.0351. The van der Waals surface area contributed by atoms with Gasteiger partial charge >= 0.3 is 5.97 Å². The second kappa shape index (κ2) is 7.05. The Balaban J connectivity index is 2.01. The van der Waals surface area contributed by atoms with E-state index in [9.17, 15) is 9.90 Å². The van der Waals surface area contributed by atoms with Crippen LogP contribution >= 0.6 is 15.9 Å². The summed E-state index contributed by atoms with van der Waals surface area (Å²) in [6.07, 6.45) is 0. The number of rotatable bonds is 4. The summed E-state index contributed by atoms with van der Waals surface area (Å²) in [5.74, 6) is -1.21. The average molecular weight is 414 g/mol. The van der Waals surface area contributed by atoms with Crippen molar-refractivity contribution >= 4 is 39.1 Å². The Morgan fingerprint density at radius 2 is 1.73 bits per heavy atom. The number of phenolic OH excluding ortho intramolecular Hbond substituents is 1. The number of nitrogens with zero attached hydrogens (tertiary/aromatic N) is 2. The zero-order valence-electron chi connectivity index (χ0n) is 13.8. The highest BCUT2D eigenvalue weighted by Gasteiger charge is 2.14. The zero-order chi connectivity index (χ0) is 18.8. The van der Waals surface area contributed by atoms with Gasteiger partial charge in [-0.25, -0.2) is 9.78 Å². The molecule has 0 saturated carbocycles. The number of nitrogen functional groups attached to an aromatic ring is 1. The van der Waals surface area contributed by atoms with E-state index in [-0.39, 0.29) is 17.1 Å². The van der Waals surface area contributed by atoms with Gasteiger partial charge in [-0.05, 0) is 54.6 Å². The molecule has 0 spiro atoms. The van der Waals surface area contributed by atoms with Gasteiger partial charge in [0.2, 0.25) is 0 Å². The number of aromatic nitrogens is 1. The summed E-state index contributed by atoms with van der Waals surface area (Å²) in [6.45, 7) is 0. The predicted molar refractivity (Wildman–Crippen MR) is 105 cm³/mol. The molecule has 3 aromatic rings. The number of hydrogen-bond donors (Lipinski definition) is 3. The zero-order valence-corrected chi connectivity index (χ0v) is 15.4. The molecule has 4 N–H and O–H groups in total. The summed E-state index contributed by atoms with van der Waals surface area (Å²) < 4.78 is 0.985. The van der Waals surface area contributed by atoms with Crippen LogP contribution in [-0.2, 0) is 0 Å². The first-order valence-electron chi connectivity index (χ1n) is 7.69. The smallest absolute Gasteiger partial charge is 0.339 e. The SMILES string of the molecule is CN(c1ccc(Br)cc1)c1ccc(O)c(-c2ccc(C(=O)O)c(N)n2)c1. The van der Waals surface area contributed by atoms with Crippen LogP contribution in [0.5, 0.6) is 5.75 Å². The molecular weight excluding hydrogens is 398 g/mol. The molecule has 1 heterocycles. The van der Waals surface area contributed by atoms with E-state index in [4.69, 9.17) is 10.8 Å². The summed E-state index contributed by atoms with van der Waals surface area (Å²) in [7, 11) is 1.91. The number of aromatic carboxylic acids is 1. The van der Waals surface area contributed by atoms with E-state index in [0.29, 0.717) is 11.3 Å². The summed E-state index contributed by atoms with van der Waals surface area (Å²) in [4.78, 5) is 17.2. The van der Waals surface area contributed by atoms with Crippen LogP contribution in [0.1, 0.15) is 10.4 Å². The van der Waals surface area contributed by atoms with E-state index in [2.05, 4.69) is 20.9 Å². The largest absolute Gasteiger partial charge is 0.507 e. The number of aromatic hydroxyl groups is 1. The molecule has 0 radical (unpaired) electrons. The van der Waals surface area contributed by atoms with Gasteiger partial charge in [-0.15, -0.1) is 0 Å². The summed E-state index contributed by atoms with van der Waals surface area (Å²) in [5.41, 5.74) is 8.33. The lowest BCUT2D eigenvalue weighted by atomic mass is 10.1. The Labute approximate surface area is 158 Å². The predicted octanol–water partition coefficient (Wildman–Crippen LogP) is 4.27. The third kappa shape index (κ3) is 3.48. The number of halogens is 1. The number of phenols is 1. The highest BCUT2D eigenvalue weighted by atomic mass is 79.9. The van der Waals surface area contributed by atoms with E-state index < -0.39 is 5.97 Å². The van der Waals surface area contributed by atoms with Crippen molar-refractivity contribution in [1.29, 1.82) is 0 Å². The topological polar surface area (TPSA) is 99.7 Å². The fourth-order valence-electron chi connectivity index (χ4n) is 2.56. The molecule has 0 aliphatic rings. The fraction of sp³-hybridized carbons (Fsp3) is 0.0526. The molecule has 2 aromatic carbocycles. The number of nitrogens with two attached hydrogens (primary N) is 1. The van der Waals surface area contributed by atoms with Crippen LogP contribution in [0.25, 0.3) is 11.3 Å². The van der Waals surface area contributed by atoms with Crippen molar-refractivity contribution in [2.75, 3.05) is 17.7 Å². The standard InChI is InChI=1S/C19H16BrN3O3/c1-23(12-4-2-11(20)3-5-12)13-6-9-17(24)15(10-13)16-8-7-14(19(25)26)18(21)22-16/h2-10,24H,1H3,(H2,21,22)(H,25,26). The maximum Gasteiger partial charge on any atom is 0.339 e. The Morgan fingerprint density at radius 1 is 1.08 bits per heavy atom. The van der Waals surface area contributed by atoms with Crippen molar-refractivity contribution in [2.24, 2.45) is 0 Å². The summed E-state index contributed by atoms with van der Waals surface area (Å²) in [5, 5.41) is 19.3. The highest BCUT2D eigenvalue weighted by Crippen LogP contribution is 2.34. The Kier molecular flexibility index (Phi) is 4.81. The number of carboxylic acid groups (broad SMARTS) is 1. The monoisotopic (exact) mass is 413 g/mol. The Bertz CT molecular complexity index is 974. The van der Waals surface area contributed by atoms with Gasteiger partial charge in [-0.3, -0.25) is 0 Å². The van der Waals surface area contributed by atoms with E-state index in [1.54, 1.807) is 18.2 Å². The van der Waals surface area contributed by atoms with Crippen LogP contribution in [0.4, 0.5) is 17.2 Å². The van der Waals surface area contributed by atoms with Gasteiger partial charge in [0.05, 0.1) is 5.69 Å². The normalized spacial score (nSPS) is 10.5. The molecule has 132 valence electrons. The van der Waals surface area contributed by atoms with Crippen molar-refractivity contribution < 1.29 is 15.0 Å². The first-order valence-corrected chi connectivity index (χ1v) is 8.48. The highest BCUT2D eigenvalue weighted by molar-refractivity contribution is 9.10. The van der Waals surface area contributed by atoms with Crippen LogP contribution in [-0.4, -0.2) is 28.2 Å². The minimum Gasteiger partial charge on any atom is -0.507 e. The lowest BCUT2D eigenvalue weighted by molar-refractivity contribution is 0.0697. The maximum absolute atomic E-state index is 11.1. The van der Waals surface area contributed by atoms with Crippen molar-refractivity contribution in [3.05, 3.63) is 64.6 Å². The number of pyridine rings is 1. The number of carbonyl (C=O) groups is 1. The van der Waals surface area contributed by atoms with Gasteiger partial charge in [0.15, 0.2) is 0 Å².